The van der Waals surface area contributed by atoms with E-state index in [4.69, 9.17) is 0 Å². The maximum absolute atomic E-state index is 13.1. The molecule has 1 amide bonds. The maximum Gasteiger partial charge on any atom is 0.261 e. The van der Waals surface area contributed by atoms with Gasteiger partial charge in [0.25, 0.3) is 15.9 Å². The van der Waals surface area contributed by atoms with Crippen LogP contribution in [-0.2, 0) is 10.0 Å². The highest BCUT2D eigenvalue weighted by Gasteiger charge is 2.19. The summed E-state index contributed by atoms with van der Waals surface area (Å²) in [6.07, 6.45) is 0. The van der Waals surface area contributed by atoms with Gasteiger partial charge in [0.15, 0.2) is 10.9 Å². The number of sulfonamides is 1. The number of rotatable bonds is 7. The first-order chi connectivity index (χ1) is 16.2. The van der Waals surface area contributed by atoms with Crippen molar-refractivity contribution in [3.05, 3.63) is 95.1 Å². The fourth-order valence-corrected chi connectivity index (χ4v) is 5.05. The normalized spacial score (nSPS) is 11.1. The smallest absolute Gasteiger partial charge is 0.261 e. The molecular weight excluding hydrogens is 477 g/mol. The second-order valence-electron chi connectivity index (χ2n) is 7.21. The van der Waals surface area contributed by atoms with Crippen LogP contribution in [0.5, 0.6) is 0 Å². The number of nitrogens with zero attached hydrogens (tertiary/aromatic N) is 1. The number of halogens is 1. The van der Waals surface area contributed by atoms with E-state index in [9.17, 15) is 22.4 Å². The van der Waals surface area contributed by atoms with Crippen LogP contribution in [0.15, 0.2) is 83.8 Å². The highest BCUT2D eigenvalue weighted by molar-refractivity contribution is 7.92. The summed E-state index contributed by atoms with van der Waals surface area (Å²) < 4.78 is 40.6. The van der Waals surface area contributed by atoms with Gasteiger partial charge < -0.3 is 0 Å². The minimum Gasteiger partial charge on any atom is -0.298 e. The van der Waals surface area contributed by atoms with Crippen molar-refractivity contribution in [2.24, 2.45) is 0 Å². The molecule has 1 heterocycles. The van der Waals surface area contributed by atoms with Crippen molar-refractivity contribution in [3.8, 4) is 11.3 Å². The monoisotopic (exact) mass is 495 g/mol. The molecule has 4 rings (SSSR count). The van der Waals surface area contributed by atoms with Crippen molar-refractivity contribution in [2.75, 3.05) is 10.0 Å². The van der Waals surface area contributed by atoms with E-state index in [2.05, 4.69) is 15.0 Å². The van der Waals surface area contributed by atoms with Crippen molar-refractivity contribution in [2.45, 2.75) is 11.8 Å². The van der Waals surface area contributed by atoms with E-state index < -0.39 is 21.7 Å². The summed E-state index contributed by atoms with van der Waals surface area (Å²) >= 11 is 1.06. The lowest BCUT2D eigenvalue weighted by Gasteiger charge is -2.09. The SMILES string of the molecule is CC(=O)c1sc(NC(=O)c2cccc(NS(=O)(=O)c3ccc(F)cc3)c2)nc1-c1ccccc1. The van der Waals surface area contributed by atoms with Crippen LogP contribution in [0.25, 0.3) is 11.3 Å². The Morgan fingerprint density at radius 3 is 2.32 bits per heavy atom. The Balaban J connectivity index is 1.55. The van der Waals surface area contributed by atoms with Gasteiger partial charge in [-0.3, -0.25) is 19.6 Å². The minimum atomic E-state index is -3.97. The number of benzene rings is 3. The zero-order valence-electron chi connectivity index (χ0n) is 17.8. The molecule has 0 fully saturated rings. The quantitative estimate of drug-likeness (QED) is 0.343. The number of nitrogens with one attached hydrogen (secondary N) is 2. The largest absolute Gasteiger partial charge is 0.298 e. The van der Waals surface area contributed by atoms with Gasteiger partial charge in [-0.15, -0.1) is 0 Å². The Bertz CT molecular complexity index is 1470. The summed E-state index contributed by atoms with van der Waals surface area (Å²) in [7, 11) is -3.97. The fourth-order valence-electron chi connectivity index (χ4n) is 3.12. The molecule has 0 radical (unpaired) electrons. The van der Waals surface area contributed by atoms with Crippen LogP contribution < -0.4 is 10.0 Å². The third-order valence-electron chi connectivity index (χ3n) is 4.72. The number of ketones is 1. The summed E-state index contributed by atoms with van der Waals surface area (Å²) in [4.78, 5) is 29.6. The summed E-state index contributed by atoms with van der Waals surface area (Å²) in [6, 6.07) is 19.4. The molecule has 0 unspecified atom stereocenters. The Labute approximate surface area is 199 Å². The Hall–Kier alpha value is -3.89. The molecule has 2 N–H and O–H groups in total. The number of aromatic nitrogens is 1. The van der Waals surface area contributed by atoms with Gasteiger partial charge in [0.1, 0.15) is 5.82 Å². The lowest BCUT2D eigenvalue weighted by Crippen LogP contribution is -2.15. The zero-order chi connectivity index (χ0) is 24.3. The summed E-state index contributed by atoms with van der Waals surface area (Å²) in [5.74, 6) is -1.25. The van der Waals surface area contributed by atoms with Crippen molar-refractivity contribution >= 4 is 43.9 Å². The molecule has 0 bridgehead atoms. The Morgan fingerprint density at radius 1 is 0.941 bits per heavy atom. The minimum absolute atomic E-state index is 0.114. The average Bonchev–Trinajstić information content (AvgIpc) is 3.24. The molecule has 0 aliphatic heterocycles. The van der Waals surface area contributed by atoms with Gasteiger partial charge in [0, 0.05) is 23.7 Å². The molecule has 0 spiro atoms. The Morgan fingerprint density at radius 2 is 1.65 bits per heavy atom. The molecule has 7 nitrogen and oxygen atoms in total. The first-order valence-electron chi connectivity index (χ1n) is 10.00. The van der Waals surface area contributed by atoms with E-state index in [-0.39, 0.29) is 27.1 Å². The topological polar surface area (TPSA) is 105 Å². The van der Waals surface area contributed by atoms with E-state index in [1.807, 2.05) is 30.3 Å². The third-order valence-corrected chi connectivity index (χ3v) is 7.18. The molecule has 4 aromatic rings. The van der Waals surface area contributed by atoms with Crippen LogP contribution in [0.1, 0.15) is 27.0 Å². The number of amides is 1. The van der Waals surface area contributed by atoms with Crippen LogP contribution in [0.3, 0.4) is 0 Å². The lowest BCUT2D eigenvalue weighted by molar-refractivity contribution is 0.101. The molecule has 3 aromatic carbocycles. The maximum atomic E-state index is 13.1. The number of thiazole rings is 1. The van der Waals surface area contributed by atoms with Crippen molar-refractivity contribution in [3.63, 3.8) is 0 Å². The van der Waals surface area contributed by atoms with Gasteiger partial charge >= 0.3 is 0 Å². The molecule has 0 aliphatic rings. The van der Waals surface area contributed by atoms with Gasteiger partial charge in [0.2, 0.25) is 0 Å². The number of hydrogen-bond acceptors (Lipinski definition) is 6. The summed E-state index contributed by atoms with van der Waals surface area (Å²) in [6.45, 7) is 1.43. The number of Topliss-reactive ketones (excluding diaryl/α,β-unsaturated/α-hetero) is 1. The van der Waals surface area contributed by atoms with E-state index in [0.717, 1.165) is 41.2 Å². The standard InChI is InChI=1S/C24H18FN3O4S2/c1-15(29)22-21(16-6-3-2-4-7-16)26-24(33-22)27-23(30)17-8-5-9-19(14-17)28-34(31,32)20-12-10-18(25)11-13-20/h2-14,28H,1H3,(H,26,27,30). The zero-order valence-corrected chi connectivity index (χ0v) is 19.4. The highest BCUT2D eigenvalue weighted by Crippen LogP contribution is 2.32. The Kier molecular flexibility index (Phi) is 6.53. The number of hydrogen-bond donors (Lipinski definition) is 2. The highest BCUT2D eigenvalue weighted by atomic mass is 32.2. The van der Waals surface area contributed by atoms with E-state index in [1.54, 1.807) is 0 Å². The molecule has 0 saturated heterocycles. The van der Waals surface area contributed by atoms with Crippen LogP contribution >= 0.6 is 11.3 Å². The molecule has 172 valence electrons. The molecule has 1 aromatic heterocycles. The van der Waals surface area contributed by atoms with Crippen molar-refractivity contribution < 1.29 is 22.4 Å². The second-order valence-corrected chi connectivity index (χ2v) is 9.89. The number of anilines is 2. The van der Waals surface area contributed by atoms with Crippen molar-refractivity contribution in [1.82, 2.24) is 4.98 Å². The fraction of sp³-hybridized carbons (Fsp3) is 0.0417. The van der Waals surface area contributed by atoms with Gasteiger partial charge in [-0.05, 0) is 42.5 Å². The summed E-state index contributed by atoms with van der Waals surface area (Å²) in [5.41, 5.74) is 1.57. The van der Waals surface area contributed by atoms with Crippen LogP contribution in [0, 0.1) is 5.82 Å². The van der Waals surface area contributed by atoms with E-state index in [1.165, 1.54) is 31.2 Å². The molecule has 0 atom stereocenters. The van der Waals surface area contributed by atoms with Gasteiger partial charge in [-0.2, -0.15) is 0 Å². The average molecular weight is 496 g/mol. The molecule has 0 aliphatic carbocycles. The van der Waals surface area contributed by atoms with E-state index >= 15 is 0 Å². The molecule has 10 heteroatoms. The van der Waals surface area contributed by atoms with Gasteiger partial charge in [0.05, 0.1) is 15.5 Å². The molecule has 0 saturated carbocycles. The first-order valence-corrected chi connectivity index (χ1v) is 12.3. The molecular formula is C24H18FN3O4S2. The summed E-state index contributed by atoms with van der Waals surface area (Å²) in [5, 5.41) is 2.91. The molecule has 34 heavy (non-hydrogen) atoms. The number of carbonyl (C=O) groups excluding carboxylic acids is 2. The second kappa shape index (κ2) is 9.54. The lowest BCUT2D eigenvalue weighted by atomic mass is 10.1. The van der Waals surface area contributed by atoms with E-state index in [0.29, 0.717) is 10.6 Å². The van der Waals surface area contributed by atoms with Gasteiger partial charge in [-0.1, -0.05) is 47.7 Å². The third kappa shape index (κ3) is 5.19. The van der Waals surface area contributed by atoms with Crippen LogP contribution in [0.4, 0.5) is 15.2 Å². The predicted octanol–water partition coefficient (Wildman–Crippen LogP) is 5.20. The van der Waals surface area contributed by atoms with Gasteiger partial charge in [-0.25, -0.2) is 17.8 Å². The van der Waals surface area contributed by atoms with Crippen LogP contribution in [0.2, 0.25) is 0 Å². The number of carbonyl (C=O) groups is 2. The van der Waals surface area contributed by atoms with Crippen molar-refractivity contribution in [1.29, 1.82) is 0 Å². The van der Waals surface area contributed by atoms with Crippen LogP contribution in [-0.4, -0.2) is 25.1 Å². The predicted molar refractivity (Wildman–Crippen MR) is 129 cm³/mol. The first kappa shape index (κ1) is 23.3.